The number of esters is 1. The van der Waals surface area contributed by atoms with Crippen molar-refractivity contribution in [2.24, 2.45) is 11.8 Å². The van der Waals surface area contributed by atoms with Crippen LogP contribution in [0.4, 0.5) is 0 Å². The van der Waals surface area contributed by atoms with Gasteiger partial charge in [0.25, 0.3) is 0 Å². The molecule has 5 heteroatoms. The van der Waals surface area contributed by atoms with E-state index >= 15 is 0 Å². The average Bonchev–Trinajstić information content (AvgIpc) is 2.30. The molecule has 0 saturated carbocycles. The molecule has 0 fully saturated rings. The van der Waals surface area contributed by atoms with E-state index in [1.54, 1.807) is 6.92 Å². The quantitative estimate of drug-likeness (QED) is 0.787. The van der Waals surface area contributed by atoms with Crippen LogP contribution in [0.5, 0.6) is 0 Å². The number of carbonyl (C=O) groups is 2. The fourth-order valence-electron chi connectivity index (χ4n) is 0.397. The van der Waals surface area contributed by atoms with E-state index in [0.29, 0.717) is 6.42 Å². The van der Waals surface area contributed by atoms with Gasteiger partial charge in [-0.1, -0.05) is 27.7 Å². The van der Waals surface area contributed by atoms with E-state index in [0.717, 1.165) is 6.42 Å². The Hall–Kier alpha value is -1.57. The zero-order valence-corrected chi connectivity index (χ0v) is 12.2. The lowest BCUT2D eigenvalue weighted by Gasteiger charge is -2.07. The predicted octanol–water partition coefficient (Wildman–Crippen LogP) is 2.85. The third kappa shape index (κ3) is 23.9. The number of hydrogen-bond acceptors (Lipinski definition) is 4. The maximum Gasteiger partial charge on any atom is 0.306 e. The molecule has 0 bridgehead atoms. The second kappa shape index (κ2) is 15.4. The van der Waals surface area contributed by atoms with Crippen molar-refractivity contribution in [1.29, 1.82) is 5.26 Å². The van der Waals surface area contributed by atoms with Crippen LogP contribution in [0.15, 0.2) is 0 Å². The fraction of sp³-hybridized carbons (Fsp3) is 0.769. The molecular weight excluding hydrogens is 234 g/mol. The molecule has 0 spiro atoms. The number of carboxylic acids is 1. The molecule has 0 aliphatic rings. The lowest BCUT2D eigenvalue weighted by molar-refractivity contribution is -0.142. The summed E-state index contributed by atoms with van der Waals surface area (Å²) in [6.07, 6.45) is 1.68. The molecule has 1 atom stereocenters. The van der Waals surface area contributed by atoms with E-state index in [1.165, 1.54) is 14.0 Å². The Morgan fingerprint density at radius 3 is 1.72 bits per heavy atom. The van der Waals surface area contributed by atoms with E-state index in [-0.39, 0.29) is 17.8 Å². The number of unbranched alkanes of at least 4 members (excludes halogenated alkanes) is 1. The molecular formula is C13H25NO4. The minimum Gasteiger partial charge on any atom is -0.481 e. The Morgan fingerprint density at radius 1 is 1.33 bits per heavy atom. The summed E-state index contributed by atoms with van der Waals surface area (Å²) in [6, 6.07) is 2.02. The second-order valence-corrected chi connectivity index (χ2v) is 3.97. The number of carbonyl (C=O) groups excluding carboxylic acids is 1. The first-order valence-electron chi connectivity index (χ1n) is 5.88. The van der Waals surface area contributed by atoms with Gasteiger partial charge in [0.2, 0.25) is 0 Å². The summed E-state index contributed by atoms with van der Waals surface area (Å²) >= 11 is 0. The maximum atomic E-state index is 10.1. The van der Waals surface area contributed by atoms with Gasteiger partial charge in [0.1, 0.15) is 0 Å². The summed E-state index contributed by atoms with van der Waals surface area (Å²) in [5.74, 6) is -0.924. The molecule has 0 aromatic carbocycles. The number of ether oxygens (including phenoxy) is 1. The average molecular weight is 259 g/mol. The SMILES string of the molecule is CC(C)C(C)C(=O)O.CCCC#N.COC(C)=O. The molecule has 0 saturated heterocycles. The Bertz CT molecular complexity index is 256. The third-order valence-electron chi connectivity index (χ3n) is 2.04. The number of rotatable bonds is 3. The van der Waals surface area contributed by atoms with E-state index in [9.17, 15) is 9.59 Å². The van der Waals surface area contributed by atoms with Gasteiger partial charge in [-0.3, -0.25) is 9.59 Å². The van der Waals surface area contributed by atoms with Gasteiger partial charge in [0.15, 0.2) is 0 Å². The first-order chi connectivity index (χ1) is 8.24. The molecule has 0 aliphatic carbocycles. The minimum atomic E-state index is -0.708. The number of methoxy groups -OCH3 is 1. The van der Waals surface area contributed by atoms with Crippen molar-refractivity contribution in [3.05, 3.63) is 0 Å². The van der Waals surface area contributed by atoms with Gasteiger partial charge in [-0.25, -0.2) is 0 Å². The number of aliphatic carboxylic acids is 1. The molecule has 5 nitrogen and oxygen atoms in total. The minimum absolute atomic E-state index is 0.213. The van der Waals surface area contributed by atoms with Gasteiger partial charge < -0.3 is 9.84 Å². The molecule has 0 heterocycles. The van der Waals surface area contributed by atoms with Gasteiger partial charge in [-0.05, 0) is 12.3 Å². The van der Waals surface area contributed by atoms with Crippen LogP contribution < -0.4 is 0 Å². The van der Waals surface area contributed by atoms with E-state index in [2.05, 4.69) is 4.74 Å². The van der Waals surface area contributed by atoms with Crippen LogP contribution in [0.3, 0.4) is 0 Å². The lowest BCUT2D eigenvalue weighted by Crippen LogP contribution is -2.15. The van der Waals surface area contributed by atoms with Gasteiger partial charge in [-0.2, -0.15) is 5.26 Å². The van der Waals surface area contributed by atoms with Gasteiger partial charge >= 0.3 is 11.9 Å². The van der Waals surface area contributed by atoms with Gasteiger partial charge in [0.05, 0.1) is 19.1 Å². The molecule has 0 radical (unpaired) electrons. The normalized spacial score (nSPS) is 9.89. The highest BCUT2D eigenvalue weighted by molar-refractivity contribution is 5.69. The van der Waals surface area contributed by atoms with E-state index in [4.69, 9.17) is 10.4 Å². The first kappa shape index (κ1) is 21.7. The van der Waals surface area contributed by atoms with Gasteiger partial charge in [0, 0.05) is 13.3 Å². The predicted molar refractivity (Wildman–Crippen MR) is 69.8 cm³/mol. The summed E-state index contributed by atoms with van der Waals surface area (Å²) in [5, 5.41) is 16.2. The third-order valence-corrected chi connectivity index (χ3v) is 2.04. The van der Waals surface area contributed by atoms with Crippen LogP contribution in [0.1, 0.15) is 47.5 Å². The molecule has 0 rings (SSSR count). The Labute approximate surface area is 110 Å². The monoisotopic (exact) mass is 259 g/mol. The summed E-state index contributed by atoms with van der Waals surface area (Å²) in [5.41, 5.74) is 0. The van der Waals surface area contributed by atoms with Crippen LogP contribution in [0.2, 0.25) is 0 Å². The van der Waals surface area contributed by atoms with Crippen LogP contribution in [-0.4, -0.2) is 24.2 Å². The van der Waals surface area contributed by atoms with Crippen molar-refractivity contribution in [2.75, 3.05) is 7.11 Å². The smallest absolute Gasteiger partial charge is 0.306 e. The van der Waals surface area contributed by atoms with Gasteiger partial charge in [-0.15, -0.1) is 0 Å². The molecule has 0 aromatic rings. The van der Waals surface area contributed by atoms with E-state index < -0.39 is 5.97 Å². The van der Waals surface area contributed by atoms with Crippen molar-refractivity contribution >= 4 is 11.9 Å². The molecule has 1 N–H and O–H groups in total. The highest BCUT2D eigenvalue weighted by Gasteiger charge is 2.13. The summed E-state index contributed by atoms with van der Waals surface area (Å²) in [4.78, 5) is 19.7. The Morgan fingerprint density at radius 2 is 1.72 bits per heavy atom. The molecule has 18 heavy (non-hydrogen) atoms. The highest BCUT2D eigenvalue weighted by Crippen LogP contribution is 2.08. The van der Waals surface area contributed by atoms with Crippen molar-refractivity contribution in [2.45, 2.75) is 47.5 Å². The summed E-state index contributed by atoms with van der Waals surface area (Å²) in [7, 11) is 1.35. The standard InChI is InChI=1S/C6H12O2.C4H7N.C3H6O2/c1-4(2)5(3)6(7)8;1-2-3-4-5;1-3(4)5-2/h4-5H,1-3H3,(H,7,8);2-3H2,1H3;1-2H3. The molecule has 0 amide bonds. The topological polar surface area (TPSA) is 87.4 Å². The maximum absolute atomic E-state index is 10.1. The zero-order valence-electron chi connectivity index (χ0n) is 12.2. The second-order valence-electron chi connectivity index (χ2n) is 3.97. The van der Waals surface area contributed by atoms with Crippen LogP contribution in [-0.2, 0) is 14.3 Å². The zero-order chi connectivity index (χ0) is 15.1. The summed E-state index contributed by atoms with van der Waals surface area (Å²) in [6.45, 7) is 8.87. The number of hydrogen-bond donors (Lipinski definition) is 1. The van der Waals surface area contributed by atoms with Crippen molar-refractivity contribution in [3.8, 4) is 6.07 Å². The number of nitriles is 1. The molecule has 0 aromatic heterocycles. The number of carboxylic acid groups (broad SMARTS) is 1. The Balaban J connectivity index is -0.000000197. The molecule has 1 unspecified atom stereocenters. The van der Waals surface area contributed by atoms with E-state index in [1.807, 2.05) is 26.8 Å². The fourth-order valence-corrected chi connectivity index (χ4v) is 0.397. The number of nitrogens with zero attached hydrogens (tertiary/aromatic N) is 1. The van der Waals surface area contributed by atoms with Crippen LogP contribution in [0.25, 0.3) is 0 Å². The first-order valence-corrected chi connectivity index (χ1v) is 5.88. The highest BCUT2D eigenvalue weighted by atomic mass is 16.5. The lowest BCUT2D eigenvalue weighted by atomic mass is 9.99. The molecule has 106 valence electrons. The van der Waals surface area contributed by atoms with Crippen LogP contribution >= 0.6 is 0 Å². The van der Waals surface area contributed by atoms with Crippen molar-refractivity contribution < 1.29 is 19.4 Å². The largest absolute Gasteiger partial charge is 0.481 e. The van der Waals surface area contributed by atoms with Crippen LogP contribution in [0, 0.1) is 23.2 Å². The van der Waals surface area contributed by atoms with Crippen molar-refractivity contribution in [3.63, 3.8) is 0 Å². The van der Waals surface area contributed by atoms with Crippen molar-refractivity contribution in [1.82, 2.24) is 0 Å². The Kier molecular flexibility index (Phi) is 18.6. The molecule has 0 aliphatic heterocycles. The summed E-state index contributed by atoms with van der Waals surface area (Å²) < 4.78 is 4.11.